The molecule has 0 saturated carbocycles. The van der Waals surface area contributed by atoms with Gasteiger partial charge in [0, 0.05) is 5.56 Å². The number of rotatable bonds is 0. The summed E-state index contributed by atoms with van der Waals surface area (Å²) < 4.78 is 26.3. The van der Waals surface area contributed by atoms with Crippen molar-refractivity contribution in [1.29, 1.82) is 0 Å². The quantitative estimate of drug-likeness (QED) is 0.737. The predicted molar refractivity (Wildman–Crippen MR) is 71.8 cm³/mol. The van der Waals surface area contributed by atoms with E-state index in [4.69, 9.17) is 0 Å². The molecule has 5 heteroatoms. The smallest absolute Gasteiger partial charge is 0.245 e. The lowest BCUT2D eigenvalue weighted by Crippen LogP contribution is -2.32. The molecule has 4 nitrogen and oxygen atoms in total. The minimum absolute atomic E-state index is 0.349. The summed E-state index contributed by atoms with van der Waals surface area (Å²) >= 11 is 0. The van der Waals surface area contributed by atoms with E-state index in [-0.39, 0.29) is 0 Å². The summed E-state index contributed by atoms with van der Waals surface area (Å²) in [5.41, 5.74) is 2.47. The van der Waals surface area contributed by atoms with E-state index < -0.39 is 10.0 Å². The van der Waals surface area contributed by atoms with Crippen molar-refractivity contribution in [2.24, 2.45) is 4.99 Å². The molecule has 2 aliphatic rings. The first kappa shape index (κ1) is 10.8. The lowest BCUT2D eigenvalue weighted by molar-refractivity contribution is 0.525. The Balaban J connectivity index is 2.04. The van der Waals surface area contributed by atoms with Gasteiger partial charge in [0.1, 0.15) is 0 Å². The molecule has 94 valence electrons. The van der Waals surface area contributed by atoms with E-state index >= 15 is 0 Å². The van der Waals surface area contributed by atoms with Crippen molar-refractivity contribution in [3.05, 3.63) is 59.7 Å². The van der Waals surface area contributed by atoms with Crippen molar-refractivity contribution < 1.29 is 8.42 Å². The number of hydrogen-bond donors (Lipinski definition) is 0. The summed E-state index contributed by atoms with van der Waals surface area (Å²) in [5, 5.41) is 0. The van der Waals surface area contributed by atoms with Gasteiger partial charge >= 0.3 is 0 Å². The second kappa shape index (κ2) is 3.45. The highest BCUT2D eigenvalue weighted by atomic mass is 32.2. The van der Waals surface area contributed by atoms with Crippen LogP contribution in [0.25, 0.3) is 0 Å². The predicted octanol–water partition coefficient (Wildman–Crippen LogP) is 2.28. The number of para-hydroxylation sites is 1. The minimum atomic E-state index is -3.45. The highest BCUT2D eigenvalue weighted by Gasteiger charge is 2.41. The minimum Gasteiger partial charge on any atom is -0.245 e. The molecule has 0 unspecified atom stereocenters. The number of amidine groups is 1. The maximum absolute atomic E-state index is 12.5. The first-order chi connectivity index (χ1) is 9.18. The van der Waals surface area contributed by atoms with Crippen LogP contribution in [0.4, 0.5) is 5.69 Å². The summed E-state index contributed by atoms with van der Waals surface area (Å²) in [5.74, 6) is 0.536. The number of hydrogen-bond acceptors (Lipinski definition) is 3. The zero-order chi connectivity index (χ0) is 13.0. The van der Waals surface area contributed by atoms with Crippen molar-refractivity contribution in [1.82, 2.24) is 4.31 Å². The zero-order valence-electron chi connectivity index (χ0n) is 9.95. The molecule has 0 aliphatic carbocycles. The average Bonchev–Trinajstić information content (AvgIpc) is 2.66. The van der Waals surface area contributed by atoms with Crippen LogP contribution in [0.3, 0.4) is 0 Å². The van der Waals surface area contributed by atoms with Gasteiger partial charge in [0.05, 0.1) is 17.1 Å². The van der Waals surface area contributed by atoms with Crippen LogP contribution in [0.1, 0.15) is 11.1 Å². The van der Waals surface area contributed by atoms with E-state index in [0.29, 0.717) is 22.8 Å². The van der Waals surface area contributed by atoms with Crippen LogP contribution in [0.5, 0.6) is 0 Å². The number of nitrogens with zero attached hydrogens (tertiary/aromatic N) is 2. The molecule has 19 heavy (non-hydrogen) atoms. The van der Waals surface area contributed by atoms with Crippen molar-refractivity contribution in [3.8, 4) is 0 Å². The van der Waals surface area contributed by atoms with E-state index in [9.17, 15) is 8.42 Å². The topological polar surface area (TPSA) is 49.7 Å². The third-order valence-electron chi connectivity index (χ3n) is 3.46. The molecule has 4 rings (SSSR count). The summed E-state index contributed by atoms with van der Waals surface area (Å²) in [6.45, 7) is 0.353. The summed E-state index contributed by atoms with van der Waals surface area (Å²) in [6.07, 6.45) is 0. The van der Waals surface area contributed by atoms with Gasteiger partial charge in [-0.2, -0.15) is 0 Å². The van der Waals surface area contributed by atoms with Gasteiger partial charge in [0.25, 0.3) is 10.0 Å². The first-order valence-corrected chi connectivity index (χ1v) is 7.41. The summed E-state index contributed by atoms with van der Waals surface area (Å²) in [4.78, 5) is 4.86. The number of sulfonamides is 1. The molecule has 2 heterocycles. The molecule has 0 fully saturated rings. The van der Waals surface area contributed by atoms with Crippen molar-refractivity contribution in [3.63, 3.8) is 0 Å². The van der Waals surface area contributed by atoms with Crippen LogP contribution in [-0.4, -0.2) is 18.6 Å². The van der Waals surface area contributed by atoms with Crippen LogP contribution >= 0.6 is 0 Å². The Hall–Kier alpha value is -2.14. The molecule has 0 amide bonds. The number of aliphatic imine (C=N–C) groups is 1. The van der Waals surface area contributed by atoms with Crippen LogP contribution in [0.15, 0.2) is 58.4 Å². The molecule has 2 aromatic carbocycles. The number of benzene rings is 2. The Morgan fingerprint density at radius 3 is 2.63 bits per heavy atom. The molecule has 0 spiro atoms. The van der Waals surface area contributed by atoms with Gasteiger partial charge in [0.2, 0.25) is 0 Å². The second-order valence-electron chi connectivity index (χ2n) is 4.57. The van der Waals surface area contributed by atoms with E-state index in [1.54, 1.807) is 18.2 Å². The largest absolute Gasteiger partial charge is 0.266 e. The van der Waals surface area contributed by atoms with Gasteiger partial charge in [-0.15, -0.1) is 0 Å². The molecule has 0 bridgehead atoms. The molecule has 2 aliphatic heterocycles. The Morgan fingerprint density at radius 2 is 1.74 bits per heavy atom. The lowest BCUT2D eigenvalue weighted by Gasteiger charge is -2.23. The van der Waals surface area contributed by atoms with Gasteiger partial charge in [-0.1, -0.05) is 30.3 Å². The Bertz CT molecular complexity index is 825. The van der Waals surface area contributed by atoms with Crippen molar-refractivity contribution in [2.45, 2.75) is 11.4 Å². The molecule has 0 radical (unpaired) electrons. The summed E-state index contributed by atoms with van der Waals surface area (Å²) in [6, 6.07) is 14.6. The molecular formula is C14H10N2O2S. The van der Waals surface area contributed by atoms with Gasteiger partial charge in [-0.05, 0) is 23.8 Å². The zero-order valence-corrected chi connectivity index (χ0v) is 10.8. The van der Waals surface area contributed by atoms with Crippen molar-refractivity contribution >= 4 is 21.5 Å². The highest BCUT2D eigenvalue weighted by molar-refractivity contribution is 7.90. The van der Waals surface area contributed by atoms with Crippen molar-refractivity contribution in [2.75, 3.05) is 0 Å². The fourth-order valence-corrected chi connectivity index (χ4v) is 4.14. The molecule has 0 atom stereocenters. The van der Waals surface area contributed by atoms with Gasteiger partial charge < -0.3 is 0 Å². The van der Waals surface area contributed by atoms with E-state index in [0.717, 1.165) is 11.3 Å². The number of fused-ring (bicyclic) bond motifs is 4. The van der Waals surface area contributed by atoms with Gasteiger partial charge in [-0.25, -0.2) is 17.7 Å². The summed E-state index contributed by atoms with van der Waals surface area (Å²) in [7, 11) is -3.45. The Labute approximate surface area is 111 Å². The maximum atomic E-state index is 12.5. The van der Waals surface area contributed by atoms with Crippen LogP contribution in [-0.2, 0) is 16.6 Å². The molecule has 0 saturated heterocycles. The van der Waals surface area contributed by atoms with Crippen LogP contribution in [0.2, 0.25) is 0 Å². The van der Waals surface area contributed by atoms with Crippen LogP contribution in [0, 0.1) is 0 Å². The maximum Gasteiger partial charge on any atom is 0.266 e. The Morgan fingerprint density at radius 1 is 1.00 bits per heavy atom. The molecular weight excluding hydrogens is 260 g/mol. The Kier molecular flexibility index (Phi) is 1.95. The van der Waals surface area contributed by atoms with E-state index in [1.165, 1.54) is 4.31 Å². The van der Waals surface area contributed by atoms with E-state index in [2.05, 4.69) is 4.99 Å². The van der Waals surface area contributed by atoms with E-state index in [1.807, 2.05) is 30.3 Å². The standard InChI is InChI=1S/C14H10N2O2S/c17-19(18)13-8-4-2-6-11(13)14-15-12-7-3-1-5-10(12)9-16(14)19/h1-8H,9H2. The first-order valence-electron chi connectivity index (χ1n) is 5.97. The monoisotopic (exact) mass is 270 g/mol. The normalized spacial score (nSPS) is 18.3. The fraction of sp³-hybridized carbons (Fsp3) is 0.0714. The third-order valence-corrected chi connectivity index (χ3v) is 5.26. The van der Waals surface area contributed by atoms with Gasteiger partial charge in [0.15, 0.2) is 5.84 Å². The SMILES string of the molecule is O=S1(=O)c2ccccc2C2=Nc3ccccc3CN21. The van der Waals surface area contributed by atoms with Crippen LogP contribution < -0.4 is 0 Å². The van der Waals surface area contributed by atoms with Gasteiger partial charge in [-0.3, -0.25) is 0 Å². The second-order valence-corrected chi connectivity index (χ2v) is 6.40. The third kappa shape index (κ3) is 1.33. The average molecular weight is 270 g/mol. The highest BCUT2D eigenvalue weighted by Crippen LogP contribution is 2.37. The molecule has 2 aromatic rings. The molecule has 0 aromatic heterocycles. The molecule has 0 N–H and O–H groups in total. The lowest BCUT2D eigenvalue weighted by atomic mass is 10.1. The fourth-order valence-electron chi connectivity index (χ4n) is 2.54.